The van der Waals surface area contributed by atoms with Crippen LogP contribution in [-0.4, -0.2) is 35.3 Å². The minimum Gasteiger partial charge on any atom is -0.395 e. The lowest BCUT2D eigenvalue weighted by molar-refractivity contribution is 0.218. The number of likely N-dealkylation sites (N-methyl/N-ethyl adjacent to an activating group) is 1. The maximum absolute atomic E-state index is 9.24. The fourth-order valence-corrected chi connectivity index (χ4v) is 4.91. The lowest BCUT2D eigenvalue weighted by Crippen LogP contribution is -2.26. The maximum atomic E-state index is 9.24. The molecular formula is C17H24ClN3OS. The highest BCUT2D eigenvalue weighted by molar-refractivity contribution is 7.19. The van der Waals surface area contributed by atoms with Gasteiger partial charge in [0, 0.05) is 18.5 Å². The molecule has 23 heavy (non-hydrogen) atoms. The molecule has 1 aliphatic rings. The van der Waals surface area contributed by atoms with Crippen LogP contribution in [0.2, 0.25) is 5.28 Å². The van der Waals surface area contributed by atoms with Gasteiger partial charge in [-0.05, 0) is 47.8 Å². The number of aliphatic hydroxyl groups excluding tert-OH is 1. The van der Waals surface area contributed by atoms with Gasteiger partial charge in [-0.15, -0.1) is 11.3 Å². The summed E-state index contributed by atoms with van der Waals surface area (Å²) in [5.41, 5.74) is 1.72. The monoisotopic (exact) mass is 353 g/mol. The zero-order valence-electron chi connectivity index (χ0n) is 14.2. The highest BCUT2D eigenvalue weighted by Gasteiger charge is 2.32. The first-order chi connectivity index (χ1) is 10.8. The molecule has 1 atom stereocenters. The van der Waals surface area contributed by atoms with E-state index in [9.17, 15) is 5.11 Å². The molecule has 2 heterocycles. The number of aromatic nitrogens is 2. The Hall–Kier alpha value is -0.910. The molecule has 1 N–H and O–H groups in total. The molecule has 0 spiro atoms. The van der Waals surface area contributed by atoms with E-state index < -0.39 is 0 Å². The second kappa shape index (κ2) is 6.19. The van der Waals surface area contributed by atoms with Gasteiger partial charge in [0.2, 0.25) is 5.28 Å². The van der Waals surface area contributed by atoms with Crippen molar-refractivity contribution in [1.82, 2.24) is 9.97 Å². The predicted molar refractivity (Wildman–Crippen MR) is 97.8 cm³/mol. The van der Waals surface area contributed by atoms with Crippen LogP contribution in [0.15, 0.2) is 0 Å². The van der Waals surface area contributed by atoms with Crippen LogP contribution in [0.25, 0.3) is 10.2 Å². The van der Waals surface area contributed by atoms with Gasteiger partial charge in [0.25, 0.3) is 0 Å². The summed E-state index contributed by atoms with van der Waals surface area (Å²) in [7, 11) is 1.94. The van der Waals surface area contributed by atoms with Crippen molar-refractivity contribution >= 4 is 39.0 Å². The Morgan fingerprint density at radius 2 is 2.09 bits per heavy atom. The molecular weight excluding hydrogens is 330 g/mol. The summed E-state index contributed by atoms with van der Waals surface area (Å²) in [6, 6.07) is 0. The summed E-state index contributed by atoms with van der Waals surface area (Å²) >= 11 is 7.89. The molecule has 3 rings (SSSR count). The largest absolute Gasteiger partial charge is 0.395 e. The van der Waals surface area contributed by atoms with Crippen molar-refractivity contribution in [2.24, 2.45) is 11.3 Å². The van der Waals surface area contributed by atoms with Crippen molar-refractivity contribution in [2.45, 2.75) is 40.0 Å². The van der Waals surface area contributed by atoms with Gasteiger partial charge < -0.3 is 10.0 Å². The molecule has 4 nitrogen and oxygen atoms in total. The molecule has 0 aromatic carbocycles. The highest BCUT2D eigenvalue weighted by Crippen LogP contribution is 2.45. The Kier molecular flexibility index (Phi) is 4.55. The molecule has 0 radical (unpaired) electrons. The van der Waals surface area contributed by atoms with Crippen molar-refractivity contribution < 1.29 is 5.11 Å². The Morgan fingerprint density at radius 1 is 1.35 bits per heavy atom. The van der Waals surface area contributed by atoms with Gasteiger partial charge in [-0.25, -0.2) is 4.98 Å². The Balaban J connectivity index is 2.09. The average Bonchev–Trinajstić information content (AvgIpc) is 2.82. The Morgan fingerprint density at radius 3 is 2.74 bits per heavy atom. The van der Waals surface area contributed by atoms with Gasteiger partial charge in [-0.1, -0.05) is 20.8 Å². The summed E-state index contributed by atoms with van der Waals surface area (Å²) in [6.45, 7) is 7.61. The van der Waals surface area contributed by atoms with E-state index in [1.54, 1.807) is 11.3 Å². The summed E-state index contributed by atoms with van der Waals surface area (Å²) in [6.07, 6.45) is 3.39. The third-order valence-corrected chi connectivity index (χ3v) is 6.20. The van der Waals surface area contributed by atoms with Gasteiger partial charge in [-0.3, -0.25) is 0 Å². The molecule has 0 amide bonds. The Bertz CT molecular complexity index is 723. The normalized spacial score (nSPS) is 18.3. The molecule has 0 fully saturated rings. The number of aryl methyl sites for hydroxylation is 1. The zero-order valence-corrected chi connectivity index (χ0v) is 15.8. The third-order valence-electron chi connectivity index (χ3n) is 4.88. The number of aliphatic hydroxyl groups is 1. The van der Waals surface area contributed by atoms with Gasteiger partial charge in [-0.2, -0.15) is 4.98 Å². The molecule has 6 heteroatoms. The van der Waals surface area contributed by atoms with Crippen molar-refractivity contribution in [3.8, 4) is 0 Å². The minimum absolute atomic E-state index is 0.0953. The van der Waals surface area contributed by atoms with Gasteiger partial charge >= 0.3 is 0 Å². The van der Waals surface area contributed by atoms with Crippen LogP contribution >= 0.6 is 22.9 Å². The summed E-state index contributed by atoms with van der Waals surface area (Å²) in [5, 5.41) is 10.7. The quantitative estimate of drug-likeness (QED) is 0.849. The number of hydrogen-bond donors (Lipinski definition) is 1. The highest BCUT2D eigenvalue weighted by atomic mass is 35.5. The van der Waals surface area contributed by atoms with E-state index in [0.29, 0.717) is 17.9 Å². The first kappa shape index (κ1) is 16.9. The van der Waals surface area contributed by atoms with Gasteiger partial charge in [0.15, 0.2) is 0 Å². The number of hydrogen-bond acceptors (Lipinski definition) is 5. The number of fused-ring (bicyclic) bond motifs is 3. The van der Waals surface area contributed by atoms with Crippen LogP contribution in [0.3, 0.4) is 0 Å². The van der Waals surface area contributed by atoms with Crippen molar-refractivity contribution in [3.63, 3.8) is 0 Å². The van der Waals surface area contributed by atoms with Crippen LogP contribution in [0.4, 0.5) is 5.82 Å². The minimum atomic E-state index is 0.0953. The fourth-order valence-electron chi connectivity index (χ4n) is 3.40. The summed E-state index contributed by atoms with van der Waals surface area (Å²) in [5.74, 6) is 1.55. The topological polar surface area (TPSA) is 49.2 Å². The van der Waals surface area contributed by atoms with Crippen molar-refractivity contribution in [1.29, 1.82) is 0 Å². The van der Waals surface area contributed by atoms with E-state index in [2.05, 4.69) is 30.7 Å². The third kappa shape index (κ3) is 3.19. The number of nitrogens with zero attached hydrogens (tertiary/aromatic N) is 3. The molecule has 0 saturated heterocycles. The second-order valence-electron chi connectivity index (χ2n) is 7.45. The zero-order chi connectivity index (χ0) is 16.8. The fraction of sp³-hybridized carbons (Fsp3) is 0.647. The molecule has 2 aromatic heterocycles. The van der Waals surface area contributed by atoms with E-state index in [1.165, 1.54) is 16.9 Å². The van der Waals surface area contributed by atoms with E-state index in [1.807, 2.05) is 11.9 Å². The molecule has 1 aliphatic carbocycles. The van der Waals surface area contributed by atoms with Crippen LogP contribution < -0.4 is 4.90 Å². The van der Waals surface area contributed by atoms with E-state index >= 15 is 0 Å². The second-order valence-corrected chi connectivity index (χ2v) is 8.87. The van der Waals surface area contributed by atoms with Crippen molar-refractivity contribution in [3.05, 3.63) is 15.7 Å². The van der Waals surface area contributed by atoms with Crippen molar-refractivity contribution in [2.75, 3.05) is 25.1 Å². The van der Waals surface area contributed by atoms with Gasteiger partial charge in [0.1, 0.15) is 10.6 Å². The van der Waals surface area contributed by atoms with Gasteiger partial charge in [0.05, 0.1) is 12.0 Å². The first-order valence-electron chi connectivity index (χ1n) is 8.11. The van der Waals surface area contributed by atoms with E-state index in [-0.39, 0.29) is 11.9 Å². The average molecular weight is 354 g/mol. The van der Waals surface area contributed by atoms with Crippen LogP contribution in [0, 0.1) is 11.3 Å². The van der Waals surface area contributed by atoms with E-state index in [4.69, 9.17) is 11.6 Å². The van der Waals surface area contributed by atoms with Crippen LogP contribution in [0.1, 0.15) is 37.6 Å². The molecule has 0 saturated carbocycles. The predicted octanol–water partition coefficient (Wildman–Crippen LogP) is 3.92. The lowest BCUT2D eigenvalue weighted by atomic mass is 9.72. The SMILES string of the molecule is CN(CCO)c1nc(Cl)nc2sc3c(c12)CCC(C(C)(C)C)C3. The van der Waals surface area contributed by atoms with Crippen LogP contribution in [0.5, 0.6) is 0 Å². The number of thiophene rings is 1. The molecule has 126 valence electrons. The summed E-state index contributed by atoms with van der Waals surface area (Å²) < 4.78 is 0. The van der Waals surface area contributed by atoms with Crippen LogP contribution in [-0.2, 0) is 12.8 Å². The maximum Gasteiger partial charge on any atom is 0.225 e. The number of anilines is 1. The smallest absolute Gasteiger partial charge is 0.225 e. The lowest BCUT2D eigenvalue weighted by Gasteiger charge is -2.33. The first-order valence-corrected chi connectivity index (χ1v) is 9.30. The number of rotatable bonds is 3. The molecule has 1 unspecified atom stereocenters. The standard InChI is InChI=1S/C17H24ClN3OS/c1-17(2,3)10-5-6-11-12(9-10)23-15-13(11)14(19-16(18)20-15)21(4)7-8-22/h10,22H,5-9H2,1-4H3. The molecule has 2 aromatic rings. The van der Waals surface area contributed by atoms with E-state index in [0.717, 1.165) is 28.9 Å². The number of halogens is 1. The summed E-state index contributed by atoms with van der Waals surface area (Å²) in [4.78, 5) is 13.3. The Labute approximate surface area is 146 Å². The molecule has 0 bridgehead atoms. The molecule has 0 aliphatic heterocycles.